The molecule has 110 valence electrons. The minimum Gasteiger partial charge on any atom is -0.341 e. The molecule has 2 saturated heterocycles. The molecule has 3 rings (SSSR count). The monoisotopic (exact) mass is 287 g/mol. The van der Waals surface area contributed by atoms with Gasteiger partial charge in [0.2, 0.25) is 5.91 Å². The van der Waals surface area contributed by atoms with E-state index in [0.717, 1.165) is 45.7 Å². The predicted molar refractivity (Wildman–Crippen MR) is 78.6 cm³/mol. The number of likely N-dealkylation sites (tertiary alicyclic amines) is 1. The molecule has 0 aromatic heterocycles. The summed E-state index contributed by atoms with van der Waals surface area (Å²) in [6.45, 7) is 10.8. The van der Waals surface area contributed by atoms with Crippen LogP contribution in [0.4, 0.5) is 0 Å². The largest absolute Gasteiger partial charge is 0.341 e. The molecule has 5 heteroatoms. The highest BCUT2D eigenvalue weighted by molar-refractivity contribution is 5.85. The molecule has 0 radical (unpaired) electrons. The fourth-order valence-electron chi connectivity index (χ4n) is 3.40. The number of carbonyl (C=O) groups excluding carboxylic acids is 1. The van der Waals surface area contributed by atoms with Gasteiger partial charge in [0.25, 0.3) is 0 Å². The van der Waals surface area contributed by atoms with Crippen LogP contribution in [0.1, 0.15) is 26.7 Å². The summed E-state index contributed by atoms with van der Waals surface area (Å²) in [4.78, 5) is 17.0. The van der Waals surface area contributed by atoms with Gasteiger partial charge in [0.1, 0.15) is 0 Å². The molecule has 2 unspecified atom stereocenters. The van der Waals surface area contributed by atoms with Crippen LogP contribution in [0.3, 0.4) is 0 Å². The Morgan fingerprint density at radius 2 is 1.84 bits per heavy atom. The van der Waals surface area contributed by atoms with Gasteiger partial charge in [-0.05, 0) is 18.3 Å². The van der Waals surface area contributed by atoms with Crippen molar-refractivity contribution in [3.8, 4) is 0 Å². The SMILES string of the molecule is CC1(C)CC1C(=O)N1CCC(N2CCNCC2)C1.Cl. The van der Waals surface area contributed by atoms with Crippen LogP contribution in [-0.4, -0.2) is 61.0 Å². The zero-order chi connectivity index (χ0) is 12.8. The Morgan fingerprint density at radius 1 is 1.21 bits per heavy atom. The second kappa shape index (κ2) is 5.58. The molecule has 2 atom stereocenters. The number of rotatable bonds is 2. The minimum atomic E-state index is 0. The lowest BCUT2D eigenvalue weighted by Gasteiger charge is -2.32. The summed E-state index contributed by atoms with van der Waals surface area (Å²) in [6, 6.07) is 0.609. The van der Waals surface area contributed by atoms with Crippen LogP contribution >= 0.6 is 12.4 Å². The number of halogens is 1. The van der Waals surface area contributed by atoms with Gasteiger partial charge < -0.3 is 10.2 Å². The molecular formula is C14H26ClN3O. The molecule has 2 heterocycles. The Bertz CT molecular complexity index is 342. The molecular weight excluding hydrogens is 262 g/mol. The molecule has 1 amide bonds. The first-order valence-electron chi connectivity index (χ1n) is 7.31. The van der Waals surface area contributed by atoms with Crippen LogP contribution in [0.15, 0.2) is 0 Å². The summed E-state index contributed by atoms with van der Waals surface area (Å²) in [7, 11) is 0. The lowest BCUT2D eigenvalue weighted by atomic mass is 10.1. The smallest absolute Gasteiger partial charge is 0.226 e. The molecule has 1 aliphatic carbocycles. The van der Waals surface area contributed by atoms with Crippen LogP contribution in [0.2, 0.25) is 0 Å². The zero-order valence-corrected chi connectivity index (χ0v) is 12.8. The number of amides is 1. The van der Waals surface area contributed by atoms with Crippen LogP contribution in [0.25, 0.3) is 0 Å². The van der Waals surface area contributed by atoms with Gasteiger partial charge in [-0.1, -0.05) is 13.8 Å². The lowest BCUT2D eigenvalue weighted by Crippen LogP contribution is -2.49. The van der Waals surface area contributed by atoms with Gasteiger partial charge in [-0.2, -0.15) is 0 Å². The molecule has 3 aliphatic rings. The van der Waals surface area contributed by atoms with Crippen molar-refractivity contribution < 1.29 is 4.79 Å². The first-order valence-corrected chi connectivity index (χ1v) is 7.31. The van der Waals surface area contributed by atoms with E-state index in [9.17, 15) is 4.79 Å². The highest BCUT2D eigenvalue weighted by Crippen LogP contribution is 2.52. The van der Waals surface area contributed by atoms with E-state index in [1.165, 1.54) is 6.42 Å². The standard InChI is InChI=1S/C14H25N3O.ClH/c1-14(2)9-12(14)13(18)17-6-3-11(10-17)16-7-4-15-5-8-16;/h11-12,15H,3-10H2,1-2H3;1H. The van der Waals surface area contributed by atoms with Gasteiger partial charge in [-0.25, -0.2) is 0 Å². The van der Waals surface area contributed by atoms with E-state index >= 15 is 0 Å². The number of nitrogens with zero attached hydrogens (tertiary/aromatic N) is 2. The number of hydrogen-bond acceptors (Lipinski definition) is 3. The fourth-order valence-corrected chi connectivity index (χ4v) is 3.40. The van der Waals surface area contributed by atoms with Crippen molar-refractivity contribution in [1.82, 2.24) is 15.1 Å². The molecule has 0 bridgehead atoms. The van der Waals surface area contributed by atoms with E-state index in [-0.39, 0.29) is 17.8 Å². The van der Waals surface area contributed by atoms with Crippen LogP contribution < -0.4 is 5.32 Å². The Kier molecular flexibility index (Phi) is 4.43. The average Bonchev–Trinajstić information content (AvgIpc) is 2.81. The molecule has 3 fully saturated rings. The summed E-state index contributed by atoms with van der Waals surface area (Å²) in [5, 5.41) is 3.39. The summed E-state index contributed by atoms with van der Waals surface area (Å²) >= 11 is 0. The number of hydrogen-bond donors (Lipinski definition) is 1. The molecule has 0 aromatic carbocycles. The summed E-state index contributed by atoms with van der Waals surface area (Å²) in [5.41, 5.74) is 0.268. The van der Waals surface area contributed by atoms with Gasteiger partial charge in [0.05, 0.1) is 0 Å². The predicted octanol–water partition coefficient (Wildman–Crippen LogP) is 0.960. The number of nitrogens with one attached hydrogen (secondary N) is 1. The van der Waals surface area contributed by atoms with Crippen molar-refractivity contribution in [2.75, 3.05) is 39.3 Å². The molecule has 2 aliphatic heterocycles. The third kappa shape index (κ3) is 3.06. The highest BCUT2D eigenvalue weighted by Gasteiger charge is 2.52. The Labute approximate surface area is 122 Å². The molecule has 0 spiro atoms. The first kappa shape index (κ1) is 15.1. The number of carbonyl (C=O) groups is 1. The zero-order valence-electron chi connectivity index (χ0n) is 12.0. The van der Waals surface area contributed by atoms with Crippen molar-refractivity contribution in [3.05, 3.63) is 0 Å². The summed E-state index contributed by atoms with van der Waals surface area (Å²) in [6.07, 6.45) is 2.25. The highest BCUT2D eigenvalue weighted by atomic mass is 35.5. The van der Waals surface area contributed by atoms with Crippen LogP contribution in [0.5, 0.6) is 0 Å². The van der Waals surface area contributed by atoms with Crippen LogP contribution in [-0.2, 0) is 4.79 Å². The van der Waals surface area contributed by atoms with E-state index in [4.69, 9.17) is 0 Å². The second-order valence-electron chi connectivity index (χ2n) is 6.76. The lowest BCUT2D eigenvalue weighted by molar-refractivity contribution is -0.132. The maximum absolute atomic E-state index is 12.3. The van der Waals surface area contributed by atoms with E-state index in [0.29, 0.717) is 17.9 Å². The molecule has 1 N–H and O–H groups in total. The Morgan fingerprint density at radius 3 is 2.42 bits per heavy atom. The van der Waals surface area contributed by atoms with E-state index in [1.807, 2.05) is 0 Å². The molecule has 4 nitrogen and oxygen atoms in total. The van der Waals surface area contributed by atoms with Gasteiger partial charge in [-0.15, -0.1) is 12.4 Å². The van der Waals surface area contributed by atoms with Crippen molar-refractivity contribution in [2.24, 2.45) is 11.3 Å². The van der Waals surface area contributed by atoms with E-state index < -0.39 is 0 Å². The minimum absolute atomic E-state index is 0. The van der Waals surface area contributed by atoms with Crippen molar-refractivity contribution >= 4 is 18.3 Å². The van der Waals surface area contributed by atoms with Crippen molar-refractivity contribution in [2.45, 2.75) is 32.7 Å². The third-order valence-corrected chi connectivity index (χ3v) is 4.95. The maximum atomic E-state index is 12.3. The Balaban J connectivity index is 0.00000133. The fraction of sp³-hybridized carbons (Fsp3) is 0.929. The maximum Gasteiger partial charge on any atom is 0.226 e. The van der Waals surface area contributed by atoms with Crippen LogP contribution in [0, 0.1) is 11.3 Å². The number of piperazine rings is 1. The van der Waals surface area contributed by atoms with Crippen molar-refractivity contribution in [3.63, 3.8) is 0 Å². The molecule has 19 heavy (non-hydrogen) atoms. The quantitative estimate of drug-likeness (QED) is 0.822. The molecule has 0 aromatic rings. The summed E-state index contributed by atoms with van der Waals surface area (Å²) in [5.74, 6) is 0.719. The first-order chi connectivity index (χ1) is 8.58. The van der Waals surface area contributed by atoms with E-state index in [2.05, 4.69) is 29.0 Å². The van der Waals surface area contributed by atoms with Gasteiger partial charge in [0.15, 0.2) is 0 Å². The van der Waals surface area contributed by atoms with Crippen molar-refractivity contribution in [1.29, 1.82) is 0 Å². The van der Waals surface area contributed by atoms with E-state index in [1.54, 1.807) is 0 Å². The average molecular weight is 288 g/mol. The normalized spacial score (nSPS) is 33.9. The molecule has 1 saturated carbocycles. The Hall–Kier alpha value is -0.320. The van der Waals surface area contributed by atoms with Gasteiger partial charge >= 0.3 is 0 Å². The van der Waals surface area contributed by atoms with Gasteiger partial charge in [0, 0.05) is 51.2 Å². The third-order valence-electron chi connectivity index (χ3n) is 4.95. The van der Waals surface area contributed by atoms with Gasteiger partial charge in [-0.3, -0.25) is 9.69 Å². The topological polar surface area (TPSA) is 35.6 Å². The summed E-state index contributed by atoms with van der Waals surface area (Å²) < 4.78 is 0. The second-order valence-corrected chi connectivity index (χ2v) is 6.76.